The lowest BCUT2D eigenvalue weighted by molar-refractivity contribution is 0.0668. The number of benzene rings is 3. The second-order valence-electron chi connectivity index (χ2n) is 9.57. The van der Waals surface area contributed by atoms with Gasteiger partial charge in [0.2, 0.25) is 0 Å². The van der Waals surface area contributed by atoms with Gasteiger partial charge in [-0.15, -0.1) is 0 Å². The zero-order valence-corrected chi connectivity index (χ0v) is 20.0. The number of nitrogens with zero attached hydrogens (tertiary/aromatic N) is 2. The minimum Gasteiger partial charge on any atom is -0.336 e. The molecule has 0 unspecified atom stereocenters. The quantitative estimate of drug-likeness (QED) is 0.427. The molecule has 0 aliphatic carbocycles. The Morgan fingerprint density at radius 1 is 0.971 bits per heavy atom. The molecule has 2 atom stereocenters. The second kappa shape index (κ2) is 10.5. The van der Waals surface area contributed by atoms with E-state index in [0.29, 0.717) is 24.2 Å². The van der Waals surface area contributed by atoms with Crippen LogP contribution in [0.3, 0.4) is 0 Å². The molecule has 0 aromatic heterocycles. The predicted octanol–water partition coefficient (Wildman–Crippen LogP) is 6.04. The molecule has 1 aliphatic heterocycles. The molecule has 1 saturated heterocycles. The van der Waals surface area contributed by atoms with Gasteiger partial charge in [0, 0.05) is 49.3 Å². The SMILES string of the molecule is Cc1ccccc1[C@@H]1CN(Cc2ccccc2F)C[C@H]1CN(C(=O)c1ccc(F)cc1)C(C)C. The molecule has 1 aliphatic rings. The zero-order chi connectivity index (χ0) is 24.2. The van der Waals surface area contributed by atoms with E-state index in [1.165, 1.54) is 29.3 Å². The summed E-state index contributed by atoms with van der Waals surface area (Å²) in [6.45, 7) is 8.84. The Kier molecular flexibility index (Phi) is 7.42. The standard InChI is InChI=1S/C29H32F2N2O/c1-20(2)33(29(34)22-12-14-25(30)15-13-22)18-24-17-32(16-23-9-5-7-11-28(23)31)19-27(24)26-10-6-4-8-21(26)3/h4-15,20,24,27H,16-19H2,1-3H3/t24-,27+/m0/s1. The highest BCUT2D eigenvalue weighted by atomic mass is 19.1. The number of hydrogen-bond acceptors (Lipinski definition) is 2. The summed E-state index contributed by atoms with van der Waals surface area (Å²) in [7, 11) is 0. The third kappa shape index (κ3) is 5.36. The van der Waals surface area contributed by atoms with Gasteiger partial charge in [-0.25, -0.2) is 8.78 Å². The van der Waals surface area contributed by atoms with Crippen molar-refractivity contribution in [1.82, 2.24) is 9.80 Å². The van der Waals surface area contributed by atoms with Gasteiger partial charge in [-0.3, -0.25) is 9.69 Å². The van der Waals surface area contributed by atoms with Crippen molar-refractivity contribution < 1.29 is 13.6 Å². The second-order valence-corrected chi connectivity index (χ2v) is 9.57. The smallest absolute Gasteiger partial charge is 0.254 e. The third-order valence-corrected chi connectivity index (χ3v) is 6.86. The fourth-order valence-electron chi connectivity index (χ4n) is 5.04. The fourth-order valence-corrected chi connectivity index (χ4v) is 5.04. The third-order valence-electron chi connectivity index (χ3n) is 6.86. The highest BCUT2D eigenvalue weighted by Gasteiger charge is 2.37. The van der Waals surface area contributed by atoms with Gasteiger partial charge < -0.3 is 4.90 Å². The Balaban J connectivity index is 1.60. The number of carbonyl (C=O) groups excluding carboxylic acids is 1. The molecule has 1 amide bonds. The van der Waals surface area contributed by atoms with Crippen LogP contribution in [0.1, 0.15) is 46.8 Å². The summed E-state index contributed by atoms with van der Waals surface area (Å²) >= 11 is 0. The largest absolute Gasteiger partial charge is 0.336 e. The molecule has 4 rings (SSSR count). The van der Waals surface area contributed by atoms with Crippen LogP contribution in [0.25, 0.3) is 0 Å². The van der Waals surface area contributed by atoms with E-state index in [1.54, 1.807) is 18.2 Å². The molecule has 1 heterocycles. The van der Waals surface area contributed by atoms with Crippen molar-refractivity contribution in [2.45, 2.75) is 39.3 Å². The topological polar surface area (TPSA) is 23.6 Å². The van der Waals surface area contributed by atoms with E-state index in [1.807, 2.05) is 36.9 Å². The van der Waals surface area contributed by atoms with Crippen molar-refractivity contribution in [3.8, 4) is 0 Å². The summed E-state index contributed by atoms with van der Waals surface area (Å²) in [6.07, 6.45) is 0. The molecule has 0 radical (unpaired) electrons. The van der Waals surface area contributed by atoms with Crippen LogP contribution >= 0.6 is 0 Å². The van der Waals surface area contributed by atoms with Crippen molar-refractivity contribution in [1.29, 1.82) is 0 Å². The molecule has 3 aromatic rings. The molecule has 0 N–H and O–H groups in total. The minimum absolute atomic E-state index is 0.00399. The molecular formula is C29H32F2N2O. The van der Waals surface area contributed by atoms with Gasteiger partial charge >= 0.3 is 0 Å². The number of hydrogen-bond donors (Lipinski definition) is 0. The van der Waals surface area contributed by atoms with E-state index in [4.69, 9.17) is 0 Å². The highest BCUT2D eigenvalue weighted by molar-refractivity contribution is 5.94. The first-order chi connectivity index (χ1) is 16.3. The lowest BCUT2D eigenvalue weighted by atomic mass is 9.86. The van der Waals surface area contributed by atoms with Crippen LogP contribution in [0.15, 0.2) is 72.8 Å². The van der Waals surface area contributed by atoms with Crippen LogP contribution in [0.5, 0.6) is 0 Å². The molecule has 34 heavy (non-hydrogen) atoms. The highest BCUT2D eigenvalue weighted by Crippen LogP contribution is 2.36. The van der Waals surface area contributed by atoms with Crippen molar-refractivity contribution in [3.05, 3.63) is 107 Å². The van der Waals surface area contributed by atoms with Crippen molar-refractivity contribution in [2.24, 2.45) is 5.92 Å². The van der Waals surface area contributed by atoms with Gasteiger partial charge in [0.05, 0.1) is 0 Å². The number of halogens is 2. The summed E-state index contributed by atoms with van der Waals surface area (Å²) in [4.78, 5) is 17.5. The monoisotopic (exact) mass is 462 g/mol. The maximum absolute atomic E-state index is 14.4. The zero-order valence-electron chi connectivity index (χ0n) is 20.0. The van der Waals surface area contributed by atoms with Crippen LogP contribution in [0, 0.1) is 24.5 Å². The Morgan fingerprint density at radius 3 is 2.32 bits per heavy atom. The van der Waals surface area contributed by atoms with E-state index in [2.05, 4.69) is 30.0 Å². The molecule has 0 bridgehead atoms. The molecule has 3 nitrogen and oxygen atoms in total. The van der Waals surface area contributed by atoms with Crippen LogP contribution in [0.4, 0.5) is 8.78 Å². The summed E-state index contributed by atoms with van der Waals surface area (Å²) in [6, 6.07) is 21.1. The van der Waals surface area contributed by atoms with Crippen molar-refractivity contribution in [3.63, 3.8) is 0 Å². The first kappa shape index (κ1) is 24.1. The molecular weight excluding hydrogens is 430 g/mol. The number of amides is 1. The summed E-state index contributed by atoms with van der Waals surface area (Å²) < 4.78 is 27.8. The number of rotatable bonds is 7. The van der Waals surface area contributed by atoms with E-state index in [9.17, 15) is 13.6 Å². The van der Waals surface area contributed by atoms with Gasteiger partial charge in [-0.2, -0.15) is 0 Å². The maximum Gasteiger partial charge on any atom is 0.254 e. The van der Waals surface area contributed by atoms with Crippen molar-refractivity contribution in [2.75, 3.05) is 19.6 Å². The first-order valence-electron chi connectivity index (χ1n) is 11.9. The number of likely N-dealkylation sites (tertiary alicyclic amines) is 1. The van der Waals surface area contributed by atoms with E-state index < -0.39 is 0 Å². The number of carbonyl (C=O) groups is 1. The van der Waals surface area contributed by atoms with Crippen LogP contribution in [-0.2, 0) is 6.54 Å². The Hall–Kier alpha value is -3.05. The molecule has 5 heteroatoms. The minimum atomic E-state index is -0.355. The Labute approximate surface area is 201 Å². The molecule has 178 valence electrons. The van der Waals surface area contributed by atoms with Crippen LogP contribution in [0.2, 0.25) is 0 Å². The number of aryl methyl sites for hydroxylation is 1. The maximum atomic E-state index is 14.4. The van der Waals surface area contributed by atoms with E-state index in [0.717, 1.165) is 13.1 Å². The van der Waals surface area contributed by atoms with Gasteiger partial charge in [0.1, 0.15) is 11.6 Å². The predicted molar refractivity (Wildman–Crippen MR) is 132 cm³/mol. The molecule has 0 spiro atoms. The van der Waals surface area contributed by atoms with Gasteiger partial charge in [0.25, 0.3) is 5.91 Å². The first-order valence-corrected chi connectivity index (χ1v) is 11.9. The fraction of sp³-hybridized carbons (Fsp3) is 0.345. The van der Waals surface area contributed by atoms with E-state index in [-0.39, 0.29) is 35.4 Å². The van der Waals surface area contributed by atoms with Crippen molar-refractivity contribution >= 4 is 5.91 Å². The van der Waals surface area contributed by atoms with E-state index >= 15 is 0 Å². The molecule has 1 fully saturated rings. The summed E-state index contributed by atoms with van der Waals surface area (Å²) in [5.74, 6) is -0.207. The van der Waals surface area contributed by atoms with Gasteiger partial charge in [-0.1, -0.05) is 42.5 Å². The van der Waals surface area contributed by atoms with Crippen LogP contribution in [-0.4, -0.2) is 41.4 Å². The van der Waals surface area contributed by atoms with Gasteiger partial charge in [-0.05, 0) is 68.1 Å². The lowest BCUT2D eigenvalue weighted by Gasteiger charge is -2.32. The van der Waals surface area contributed by atoms with Crippen LogP contribution < -0.4 is 0 Å². The average Bonchev–Trinajstić information content (AvgIpc) is 3.21. The normalized spacial score (nSPS) is 18.4. The molecule has 0 saturated carbocycles. The average molecular weight is 463 g/mol. The summed E-state index contributed by atoms with van der Waals surface area (Å²) in [5.41, 5.74) is 3.69. The van der Waals surface area contributed by atoms with Gasteiger partial charge in [0.15, 0.2) is 0 Å². The molecule has 3 aromatic carbocycles. The summed E-state index contributed by atoms with van der Waals surface area (Å²) in [5, 5.41) is 0. The lowest BCUT2D eigenvalue weighted by Crippen LogP contribution is -2.42. The Bertz CT molecular complexity index is 1130. The Morgan fingerprint density at radius 2 is 1.65 bits per heavy atom.